The van der Waals surface area contributed by atoms with Gasteiger partial charge in [-0.15, -0.1) is 0 Å². The molecular weight excluding hydrogens is 390 g/mol. The summed E-state index contributed by atoms with van der Waals surface area (Å²) in [5.74, 6) is 1.58. The summed E-state index contributed by atoms with van der Waals surface area (Å²) in [5, 5.41) is 7.11. The topological polar surface area (TPSA) is 69.2 Å². The van der Waals surface area contributed by atoms with Crippen LogP contribution in [0.2, 0.25) is 0 Å². The van der Waals surface area contributed by atoms with E-state index in [2.05, 4.69) is 27.4 Å². The van der Waals surface area contributed by atoms with Crippen LogP contribution in [0.1, 0.15) is 71.1 Å². The normalized spacial score (nSPS) is 28.1. The Hall–Kier alpha value is -1.34. The van der Waals surface area contributed by atoms with Gasteiger partial charge >= 0.3 is 0 Å². The van der Waals surface area contributed by atoms with Crippen molar-refractivity contribution in [2.24, 2.45) is 10.9 Å². The molecule has 4 fully saturated rings. The van der Waals surface area contributed by atoms with Gasteiger partial charge in [0, 0.05) is 50.2 Å². The van der Waals surface area contributed by atoms with Gasteiger partial charge in [0.1, 0.15) is 0 Å². The van der Waals surface area contributed by atoms with Gasteiger partial charge in [-0.2, -0.15) is 0 Å². The van der Waals surface area contributed by atoms with Crippen molar-refractivity contribution in [2.45, 2.75) is 82.7 Å². The molecule has 176 valence electrons. The minimum Gasteiger partial charge on any atom is -0.379 e. The molecule has 1 atom stereocenters. The van der Waals surface area contributed by atoms with Gasteiger partial charge in [-0.05, 0) is 39.0 Å². The van der Waals surface area contributed by atoms with Gasteiger partial charge in [-0.25, -0.2) is 0 Å². The standard InChI is InChI=1S/C24H43N5O2/c1-2-25-23(27-21-10-13-28(18-21)22(30)20-8-4-5-9-20)26-19-24(11-6-3-7-12-24)29-14-16-31-17-15-29/h20-21H,2-19H2,1H3,(H2,25,26,27). The summed E-state index contributed by atoms with van der Waals surface area (Å²) in [6.07, 6.45) is 12.0. The second-order valence-corrected chi connectivity index (χ2v) is 9.98. The van der Waals surface area contributed by atoms with Gasteiger partial charge < -0.3 is 20.3 Å². The van der Waals surface area contributed by atoms with Crippen LogP contribution in [-0.4, -0.2) is 85.7 Å². The first-order valence-electron chi connectivity index (χ1n) is 12.9. The predicted octanol–water partition coefficient (Wildman–Crippen LogP) is 2.37. The number of ether oxygens (including phenoxy) is 1. The average molecular weight is 434 g/mol. The molecule has 7 heteroatoms. The molecule has 4 aliphatic rings. The molecule has 0 aromatic carbocycles. The summed E-state index contributed by atoms with van der Waals surface area (Å²) >= 11 is 0. The molecule has 2 saturated carbocycles. The Morgan fingerprint density at radius 2 is 1.77 bits per heavy atom. The van der Waals surface area contributed by atoms with Crippen molar-refractivity contribution in [1.29, 1.82) is 0 Å². The molecule has 0 aromatic heterocycles. The Balaban J connectivity index is 1.36. The van der Waals surface area contributed by atoms with Crippen molar-refractivity contribution >= 4 is 11.9 Å². The Morgan fingerprint density at radius 1 is 1.03 bits per heavy atom. The molecule has 1 unspecified atom stereocenters. The summed E-state index contributed by atoms with van der Waals surface area (Å²) in [6.45, 7) is 9.26. The number of nitrogens with zero attached hydrogens (tertiary/aromatic N) is 3. The number of amides is 1. The van der Waals surface area contributed by atoms with Crippen LogP contribution in [0.3, 0.4) is 0 Å². The molecular formula is C24H43N5O2. The fraction of sp³-hybridized carbons (Fsp3) is 0.917. The molecule has 1 amide bonds. The van der Waals surface area contributed by atoms with Gasteiger partial charge in [0.25, 0.3) is 0 Å². The highest BCUT2D eigenvalue weighted by molar-refractivity contribution is 5.81. The van der Waals surface area contributed by atoms with Gasteiger partial charge in [0.05, 0.1) is 19.8 Å². The maximum Gasteiger partial charge on any atom is 0.225 e. The van der Waals surface area contributed by atoms with E-state index in [0.29, 0.717) is 11.9 Å². The zero-order chi connectivity index (χ0) is 21.5. The van der Waals surface area contributed by atoms with Crippen LogP contribution in [0.4, 0.5) is 0 Å². The summed E-state index contributed by atoms with van der Waals surface area (Å²) in [4.78, 5) is 22.6. The molecule has 2 saturated heterocycles. The molecule has 0 radical (unpaired) electrons. The zero-order valence-electron chi connectivity index (χ0n) is 19.5. The van der Waals surface area contributed by atoms with Crippen molar-refractivity contribution in [3.63, 3.8) is 0 Å². The molecule has 0 bridgehead atoms. The van der Waals surface area contributed by atoms with E-state index < -0.39 is 0 Å². The molecule has 0 aromatic rings. The van der Waals surface area contributed by atoms with Gasteiger partial charge in [-0.3, -0.25) is 14.7 Å². The van der Waals surface area contributed by atoms with E-state index in [1.807, 2.05) is 0 Å². The quantitative estimate of drug-likeness (QED) is 0.497. The van der Waals surface area contributed by atoms with Crippen LogP contribution in [0, 0.1) is 5.92 Å². The van der Waals surface area contributed by atoms with Crippen molar-refractivity contribution in [2.75, 3.05) is 52.5 Å². The third-order valence-corrected chi connectivity index (χ3v) is 7.89. The smallest absolute Gasteiger partial charge is 0.225 e. The maximum absolute atomic E-state index is 12.8. The average Bonchev–Trinajstić information content (AvgIpc) is 3.51. The van der Waals surface area contributed by atoms with Gasteiger partial charge in [-0.1, -0.05) is 32.1 Å². The van der Waals surface area contributed by atoms with Crippen LogP contribution >= 0.6 is 0 Å². The van der Waals surface area contributed by atoms with E-state index in [0.717, 1.165) is 77.7 Å². The Kier molecular flexibility index (Phi) is 8.10. The predicted molar refractivity (Wildman–Crippen MR) is 124 cm³/mol. The number of rotatable bonds is 6. The molecule has 2 aliphatic carbocycles. The van der Waals surface area contributed by atoms with E-state index in [1.165, 1.54) is 44.9 Å². The van der Waals surface area contributed by atoms with Crippen LogP contribution in [-0.2, 0) is 9.53 Å². The van der Waals surface area contributed by atoms with E-state index in [1.54, 1.807) is 0 Å². The monoisotopic (exact) mass is 433 g/mol. The minimum absolute atomic E-state index is 0.185. The lowest BCUT2D eigenvalue weighted by atomic mass is 9.80. The number of hydrogen-bond acceptors (Lipinski definition) is 4. The molecule has 31 heavy (non-hydrogen) atoms. The summed E-state index contributed by atoms with van der Waals surface area (Å²) < 4.78 is 5.62. The number of guanidine groups is 1. The molecule has 2 aliphatic heterocycles. The molecule has 7 nitrogen and oxygen atoms in total. The fourth-order valence-electron chi connectivity index (χ4n) is 6.07. The fourth-order valence-corrected chi connectivity index (χ4v) is 6.07. The number of morpholine rings is 1. The lowest BCUT2D eigenvalue weighted by molar-refractivity contribution is -0.134. The lowest BCUT2D eigenvalue weighted by Crippen LogP contribution is -2.57. The first kappa shape index (κ1) is 22.8. The molecule has 2 heterocycles. The largest absolute Gasteiger partial charge is 0.379 e. The molecule has 4 rings (SSSR count). The number of aliphatic imine (C=N–C) groups is 1. The lowest BCUT2D eigenvalue weighted by Gasteiger charge is -2.47. The Bertz CT molecular complexity index is 607. The Morgan fingerprint density at radius 3 is 2.48 bits per heavy atom. The van der Waals surface area contributed by atoms with E-state index in [9.17, 15) is 4.79 Å². The highest BCUT2D eigenvalue weighted by Crippen LogP contribution is 2.34. The molecule has 2 N–H and O–H groups in total. The van der Waals surface area contributed by atoms with Crippen molar-refractivity contribution in [1.82, 2.24) is 20.4 Å². The van der Waals surface area contributed by atoms with Crippen LogP contribution < -0.4 is 10.6 Å². The van der Waals surface area contributed by atoms with Crippen LogP contribution in [0.5, 0.6) is 0 Å². The number of nitrogens with one attached hydrogen (secondary N) is 2. The Labute approximate surface area is 188 Å². The minimum atomic E-state index is 0.185. The SMILES string of the molecule is CCNC(=NCC1(N2CCOCC2)CCCCC1)NC1CCN(C(=O)C2CCCC2)C1. The first-order valence-corrected chi connectivity index (χ1v) is 12.9. The number of carbonyl (C=O) groups is 1. The highest BCUT2D eigenvalue weighted by atomic mass is 16.5. The second-order valence-electron chi connectivity index (χ2n) is 9.98. The van der Waals surface area contributed by atoms with Crippen molar-refractivity contribution < 1.29 is 9.53 Å². The van der Waals surface area contributed by atoms with Gasteiger partial charge in [0.2, 0.25) is 5.91 Å². The van der Waals surface area contributed by atoms with Crippen LogP contribution in [0.25, 0.3) is 0 Å². The number of likely N-dealkylation sites (tertiary alicyclic amines) is 1. The third kappa shape index (κ3) is 5.72. The van der Waals surface area contributed by atoms with E-state index in [4.69, 9.17) is 9.73 Å². The third-order valence-electron chi connectivity index (χ3n) is 7.89. The van der Waals surface area contributed by atoms with E-state index in [-0.39, 0.29) is 11.5 Å². The second kappa shape index (κ2) is 11.0. The van der Waals surface area contributed by atoms with Crippen molar-refractivity contribution in [3.05, 3.63) is 0 Å². The first-order chi connectivity index (χ1) is 15.2. The number of carbonyl (C=O) groups excluding carboxylic acids is 1. The molecule has 0 spiro atoms. The van der Waals surface area contributed by atoms with Gasteiger partial charge in [0.15, 0.2) is 5.96 Å². The van der Waals surface area contributed by atoms with E-state index >= 15 is 0 Å². The maximum atomic E-state index is 12.8. The highest BCUT2D eigenvalue weighted by Gasteiger charge is 2.39. The summed E-state index contributed by atoms with van der Waals surface area (Å²) in [7, 11) is 0. The summed E-state index contributed by atoms with van der Waals surface area (Å²) in [6, 6.07) is 0.300. The van der Waals surface area contributed by atoms with Crippen molar-refractivity contribution in [3.8, 4) is 0 Å². The summed E-state index contributed by atoms with van der Waals surface area (Å²) in [5.41, 5.74) is 0.185. The number of hydrogen-bond donors (Lipinski definition) is 2. The van der Waals surface area contributed by atoms with Crippen LogP contribution in [0.15, 0.2) is 4.99 Å². The zero-order valence-corrected chi connectivity index (χ0v) is 19.5.